The molecule has 0 aliphatic heterocycles. The van der Waals surface area contributed by atoms with Crippen molar-refractivity contribution in [2.24, 2.45) is 0 Å². The fraction of sp³-hybridized carbons (Fsp3) is 0.250. The van der Waals surface area contributed by atoms with Crippen LogP contribution in [0.1, 0.15) is 25.3 Å². The average Bonchev–Trinajstić information content (AvgIpc) is 2.48. The SMILES string of the molecule is CCCCOc1ccccc1-c1ccc(C#N)c(=O)[nH]1. The second-order valence-electron chi connectivity index (χ2n) is 4.42. The lowest BCUT2D eigenvalue weighted by Crippen LogP contribution is -2.10. The number of ether oxygens (including phenoxy) is 1. The minimum absolute atomic E-state index is 0.109. The number of H-pyrrole nitrogens is 1. The maximum atomic E-state index is 11.7. The summed E-state index contributed by atoms with van der Waals surface area (Å²) in [5.74, 6) is 0.737. The van der Waals surface area contributed by atoms with E-state index in [0.29, 0.717) is 12.3 Å². The molecule has 0 aliphatic rings. The van der Waals surface area contributed by atoms with Crippen LogP contribution in [-0.4, -0.2) is 11.6 Å². The van der Waals surface area contributed by atoms with E-state index in [1.54, 1.807) is 6.07 Å². The molecule has 0 fully saturated rings. The van der Waals surface area contributed by atoms with Crippen LogP contribution in [-0.2, 0) is 0 Å². The summed E-state index contributed by atoms with van der Waals surface area (Å²) in [4.78, 5) is 14.4. The summed E-state index contributed by atoms with van der Waals surface area (Å²) in [6.45, 7) is 2.75. The maximum Gasteiger partial charge on any atom is 0.266 e. The highest BCUT2D eigenvalue weighted by Gasteiger charge is 2.08. The first-order valence-electron chi connectivity index (χ1n) is 6.62. The van der Waals surface area contributed by atoms with E-state index in [1.807, 2.05) is 30.3 Å². The van der Waals surface area contributed by atoms with Crippen molar-refractivity contribution in [2.45, 2.75) is 19.8 Å². The molecular weight excluding hydrogens is 252 g/mol. The molecule has 0 amide bonds. The van der Waals surface area contributed by atoms with Crippen LogP contribution in [0.5, 0.6) is 5.75 Å². The highest BCUT2D eigenvalue weighted by atomic mass is 16.5. The molecule has 0 unspecified atom stereocenters. The third kappa shape index (κ3) is 3.07. The van der Waals surface area contributed by atoms with E-state index in [-0.39, 0.29) is 11.1 Å². The predicted molar refractivity (Wildman–Crippen MR) is 77.6 cm³/mol. The molecule has 0 aliphatic carbocycles. The fourth-order valence-corrected chi connectivity index (χ4v) is 1.86. The van der Waals surface area contributed by atoms with E-state index in [0.717, 1.165) is 24.2 Å². The zero-order valence-corrected chi connectivity index (χ0v) is 11.3. The Hall–Kier alpha value is -2.54. The monoisotopic (exact) mass is 268 g/mol. The quantitative estimate of drug-likeness (QED) is 0.847. The van der Waals surface area contributed by atoms with Crippen molar-refractivity contribution in [3.63, 3.8) is 0 Å². The molecule has 0 radical (unpaired) electrons. The molecule has 0 saturated heterocycles. The fourth-order valence-electron chi connectivity index (χ4n) is 1.86. The Morgan fingerprint density at radius 1 is 1.25 bits per heavy atom. The number of para-hydroxylation sites is 1. The summed E-state index contributed by atoms with van der Waals surface area (Å²) < 4.78 is 5.74. The van der Waals surface area contributed by atoms with Gasteiger partial charge in [-0.05, 0) is 30.7 Å². The van der Waals surface area contributed by atoms with Crippen molar-refractivity contribution >= 4 is 0 Å². The van der Waals surface area contributed by atoms with Gasteiger partial charge in [-0.15, -0.1) is 0 Å². The van der Waals surface area contributed by atoms with Gasteiger partial charge in [0.2, 0.25) is 0 Å². The molecule has 1 N–H and O–H groups in total. The van der Waals surface area contributed by atoms with Gasteiger partial charge in [0.1, 0.15) is 17.4 Å². The van der Waals surface area contributed by atoms with Gasteiger partial charge in [-0.2, -0.15) is 5.26 Å². The zero-order chi connectivity index (χ0) is 14.4. The van der Waals surface area contributed by atoms with Crippen molar-refractivity contribution < 1.29 is 4.74 Å². The first-order chi connectivity index (χ1) is 9.76. The molecule has 2 rings (SSSR count). The lowest BCUT2D eigenvalue weighted by Gasteiger charge is -2.11. The molecule has 2 aromatic rings. The van der Waals surface area contributed by atoms with Crippen LogP contribution < -0.4 is 10.3 Å². The molecule has 4 heteroatoms. The zero-order valence-electron chi connectivity index (χ0n) is 11.3. The Labute approximate surface area is 117 Å². The van der Waals surface area contributed by atoms with Crippen molar-refractivity contribution in [1.29, 1.82) is 5.26 Å². The summed E-state index contributed by atoms with van der Waals surface area (Å²) in [6, 6.07) is 12.7. The number of nitrogens with one attached hydrogen (secondary N) is 1. The van der Waals surface area contributed by atoms with E-state index in [4.69, 9.17) is 10.00 Å². The van der Waals surface area contributed by atoms with Gasteiger partial charge in [-0.3, -0.25) is 4.79 Å². The summed E-state index contributed by atoms with van der Waals surface area (Å²) in [7, 11) is 0. The highest BCUT2D eigenvalue weighted by molar-refractivity contribution is 5.67. The molecule has 0 saturated carbocycles. The van der Waals surface area contributed by atoms with Gasteiger partial charge < -0.3 is 9.72 Å². The van der Waals surface area contributed by atoms with E-state index in [9.17, 15) is 4.79 Å². The number of nitriles is 1. The minimum Gasteiger partial charge on any atom is -0.493 e. The summed E-state index contributed by atoms with van der Waals surface area (Å²) >= 11 is 0. The van der Waals surface area contributed by atoms with E-state index >= 15 is 0 Å². The van der Waals surface area contributed by atoms with Gasteiger partial charge in [0.25, 0.3) is 5.56 Å². The minimum atomic E-state index is -0.381. The molecule has 4 nitrogen and oxygen atoms in total. The van der Waals surface area contributed by atoms with Crippen molar-refractivity contribution in [2.75, 3.05) is 6.61 Å². The second kappa shape index (κ2) is 6.58. The first kappa shape index (κ1) is 13.9. The molecule has 102 valence electrons. The molecule has 1 aromatic heterocycles. The van der Waals surface area contributed by atoms with Gasteiger partial charge in [0.15, 0.2) is 0 Å². The van der Waals surface area contributed by atoms with Crippen molar-refractivity contribution in [3.05, 3.63) is 52.3 Å². The molecule has 0 atom stereocenters. The molecule has 1 heterocycles. The van der Waals surface area contributed by atoms with Crippen LogP contribution >= 0.6 is 0 Å². The lowest BCUT2D eigenvalue weighted by molar-refractivity contribution is 0.310. The number of hydrogen-bond acceptors (Lipinski definition) is 3. The number of pyridine rings is 1. The van der Waals surface area contributed by atoms with Gasteiger partial charge in [-0.25, -0.2) is 0 Å². The molecule has 0 spiro atoms. The van der Waals surface area contributed by atoms with E-state index in [1.165, 1.54) is 6.07 Å². The number of hydrogen-bond donors (Lipinski definition) is 1. The number of nitrogens with zero attached hydrogens (tertiary/aromatic N) is 1. The Bertz CT molecular complexity index is 683. The number of aromatic nitrogens is 1. The lowest BCUT2D eigenvalue weighted by atomic mass is 10.1. The summed E-state index contributed by atoms with van der Waals surface area (Å²) in [6.07, 6.45) is 2.05. The third-order valence-corrected chi connectivity index (χ3v) is 2.96. The van der Waals surface area contributed by atoms with Crippen LogP contribution in [0.2, 0.25) is 0 Å². The third-order valence-electron chi connectivity index (χ3n) is 2.96. The topological polar surface area (TPSA) is 65.9 Å². The Morgan fingerprint density at radius 3 is 2.75 bits per heavy atom. The van der Waals surface area contributed by atoms with Gasteiger partial charge >= 0.3 is 0 Å². The Kier molecular flexibility index (Phi) is 4.56. The van der Waals surface area contributed by atoms with Crippen LogP contribution in [0, 0.1) is 11.3 Å². The Balaban J connectivity index is 2.35. The summed E-state index contributed by atoms with van der Waals surface area (Å²) in [5.41, 5.74) is 1.21. The van der Waals surface area contributed by atoms with Crippen LogP contribution in [0.15, 0.2) is 41.2 Å². The predicted octanol–water partition coefficient (Wildman–Crippen LogP) is 3.09. The second-order valence-corrected chi connectivity index (χ2v) is 4.42. The molecular formula is C16H16N2O2. The van der Waals surface area contributed by atoms with E-state index in [2.05, 4.69) is 11.9 Å². The van der Waals surface area contributed by atoms with Crippen LogP contribution in [0.3, 0.4) is 0 Å². The van der Waals surface area contributed by atoms with Gasteiger partial charge in [0.05, 0.1) is 12.3 Å². The highest BCUT2D eigenvalue weighted by Crippen LogP contribution is 2.27. The van der Waals surface area contributed by atoms with E-state index < -0.39 is 0 Å². The largest absolute Gasteiger partial charge is 0.493 e. The number of aromatic amines is 1. The normalized spacial score (nSPS) is 10.0. The van der Waals surface area contributed by atoms with Crippen molar-refractivity contribution in [1.82, 2.24) is 4.98 Å². The summed E-state index contributed by atoms with van der Waals surface area (Å²) in [5, 5.41) is 8.78. The van der Waals surface area contributed by atoms with Gasteiger partial charge in [-0.1, -0.05) is 25.5 Å². The molecule has 1 aromatic carbocycles. The van der Waals surface area contributed by atoms with Crippen LogP contribution in [0.25, 0.3) is 11.3 Å². The average molecular weight is 268 g/mol. The molecule has 0 bridgehead atoms. The maximum absolute atomic E-state index is 11.7. The number of rotatable bonds is 5. The van der Waals surface area contributed by atoms with Crippen molar-refractivity contribution in [3.8, 4) is 23.1 Å². The smallest absolute Gasteiger partial charge is 0.266 e. The first-order valence-corrected chi connectivity index (χ1v) is 6.62. The number of unbranched alkanes of at least 4 members (excludes halogenated alkanes) is 1. The standard InChI is InChI=1S/C16H16N2O2/c1-2-3-10-20-15-7-5-4-6-13(15)14-9-8-12(11-17)16(19)18-14/h4-9H,2-3,10H2,1H3,(H,18,19). The number of benzene rings is 1. The van der Waals surface area contributed by atoms with Crippen LogP contribution in [0.4, 0.5) is 0 Å². The molecule has 20 heavy (non-hydrogen) atoms. The van der Waals surface area contributed by atoms with Gasteiger partial charge in [0, 0.05) is 5.56 Å². The Morgan fingerprint density at radius 2 is 2.05 bits per heavy atom.